The Kier molecular flexibility index (Phi) is 9.11. The van der Waals surface area contributed by atoms with Crippen LogP contribution in [0, 0.1) is 6.92 Å². The molecule has 3 aromatic carbocycles. The number of methoxy groups -OCH3 is 1. The minimum atomic E-state index is -0.219. The lowest BCUT2D eigenvalue weighted by Gasteiger charge is -2.18. The Labute approximate surface area is 205 Å². The third-order valence-corrected chi connectivity index (χ3v) is 5.72. The first-order valence-corrected chi connectivity index (χ1v) is 11.6. The number of hydrogen-bond donors (Lipinski definition) is 0. The summed E-state index contributed by atoms with van der Waals surface area (Å²) in [6.45, 7) is 4.39. The highest BCUT2D eigenvalue weighted by atomic mass is 35.5. The van der Waals surface area contributed by atoms with E-state index in [0.29, 0.717) is 47.8 Å². The number of ketones is 1. The van der Waals surface area contributed by atoms with Crippen LogP contribution in [0.3, 0.4) is 0 Å². The van der Waals surface area contributed by atoms with Crippen molar-refractivity contribution in [2.75, 3.05) is 13.7 Å². The van der Waals surface area contributed by atoms with Gasteiger partial charge in [0.2, 0.25) is 0 Å². The number of esters is 1. The molecular weight excluding hydrogens is 452 g/mol. The number of benzene rings is 3. The van der Waals surface area contributed by atoms with E-state index in [9.17, 15) is 9.59 Å². The van der Waals surface area contributed by atoms with Crippen LogP contribution in [-0.2, 0) is 16.0 Å². The molecule has 34 heavy (non-hydrogen) atoms. The summed E-state index contributed by atoms with van der Waals surface area (Å²) in [4.78, 5) is 24.3. The van der Waals surface area contributed by atoms with Gasteiger partial charge in [0.05, 0.1) is 25.4 Å². The highest BCUT2D eigenvalue weighted by molar-refractivity contribution is 6.31. The average molecular weight is 481 g/mol. The SMILES string of the molecule is COC(=O)CCc1ccc(OCC[C@@H](C)Oc2ccc(Cl)cc2C(=O)c2ccccc2)cc1C. The Hall–Kier alpha value is -3.31. The van der Waals surface area contributed by atoms with Gasteiger partial charge in [-0.2, -0.15) is 0 Å². The molecule has 0 saturated heterocycles. The molecular formula is C28H29ClO5. The van der Waals surface area contributed by atoms with Crippen molar-refractivity contribution < 1.29 is 23.8 Å². The van der Waals surface area contributed by atoms with Crippen molar-refractivity contribution >= 4 is 23.4 Å². The number of aryl methyl sites for hydroxylation is 2. The third-order valence-electron chi connectivity index (χ3n) is 5.48. The van der Waals surface area contributed by atoms with Crippen LogP contribution in [0.5, 0.6) is 11.5 Å². The maximum absolute atomic E-state index is 13.0. The molecule has 0 heterocycles. The molecule has 0 saturated carbocycles. The second kappa shape index (κ2) is 12.2. The van der Waals surface area contributed by atoms with E-state index in [0.717, 1.165) is 16.9 Å². The standard InChI is InChI=1S/C28H29ClO5/c1-19-17-24(12-9-21(19)10-14-27(30)32-3)33-16-15-20(2)34-26-13-11-23(29)18-25(26)28(31)22-7-5-4-6-8-22/h4-9,11-13,17-18,20H,10,14-16H2,1-3H3/t20-/m1/s1. The van der Waals surface area contributed by atoms with Crippen molar-refractivity contribution in [3.8, 4) is 11.5 Å². The summed E-state index contributed by atoms with van der Waals surface area (Å²) >= 11 is 6.15. The summed E-state index contributed by atoms with van der Waals surface area (Å²) in [5, 5.41) is 0.480. The van der Waals surface area contributed by atoms with E-state index in [2.05, 4.69) is 0 Å². The molecule has 0 radical (unpaired) electrons. The average Bonchev–Trinajstić information content (AvgIpc) is 2.84. The Morgan fingerprint density at radius 2 is 1.76 bits per heavy atom. The van der Waals surface area contributed by atoms with Gasteiger partial charge in [0.15, 0.2) is 5.78 Å². The van der Waals surface area contributed by atoms with Crippen molar-refractivity contribution in [3.05, 3.63) is 94.0 Å². The molecule has 1 atom stereocenters. The highest BCUT2D eigenvalue weighted by Crippen LogP contribution is 2.27. The largest absolute Gasteiger partial charge is 0.493 e. The number of carbonyl (C=O) groups is 2. The molecule has 5 nitrogen and oxygen atoms in total. The van der Waals surface area contributed by atoms with Gasteiger partial charge in [0, 0.05) is 23.4 Å². The minimum Gasteiger partial charge on any atom is -0.493 e. The molecule has 0 spiro atoms. The Bertz CT molecular complexity index is 1130. The lowest BCUT2D eigenvalue weighted by Crippen LogP contribution is -2.17. The fraction of sp³-hybridized carbons (Fsp3) is 0.286. The van der Waals surface area contributed by atoms with Crippen LogP contribution in [0.25, 0.3) is 0 Å². The van der Waals surface area contributed by atoms with Crippen molar-refractivity contribution in [2.45, 2.75) is 39.2 Å². The molecule has 0 aromatic heterocycles. The topological polar surface area (TPSA) is 61.8 Å². The molecule has 0 N–H and O–H groups in total. The van der Waals surface area contributed by atoms with Gasteiger partial charge in [-0.3, -0.25) is 9.59 Å². The van der Waals surface area contributed by atoms with E-state index in [-0.39, 0.29) is 17.9 Å². The van der Waals surface area contributed by atoms with Gasteiger partial charge in [0.1, 0.15) is 11.5 Å². The second-order valence-electron chi connectivity index (χ2n) is 8.07. The first-order valence-electron chi connectivity index (χ1n) is 11.2. The number of rotatable bonds is 11. The second-order valence-corrected chi connectivity index (χ2v) is 8.50. The third kappa shape index (κ3) is 7.09. The number of ether oxygens (including phenoxy) is 3. The maximum Gasteiger partial charge on any atom is 0.305 e. The van der Waals surface area contributed by atoms with Crippen molar-refractivity contribution in [1.29, 1.82) is 0 Å². The van der Waals surface area contributed by atoms with Crippen LogP contribution >= 0.6 is 11.6 Å². The van der Waals surface area contributed by atoms with Gasteiger partial charge in [0.25, 0.3) is 0 Å². The summed E-state index contributed by atoms with van der Waals surface area (Å²) in [6.07, 6.45) is 1.44. The first-order chi connectivity index (χ1) is 16.4. The van der Waals surface area contributed by atoms with E-state index >= 15 is 0 Å². The van der Waals surface area contributed by atoms with Gasteiger partial charge >= 0.3 is 5.97 Å². The molecule has 0 aliphatic heterocycles. The normalized spacial score (nSPS) is 11.5. The Morgan fingerprint density at radius 1 is 1.00 bits per heavy atom. The molecule has 178 valence electrons. The Balaban J connectivity index is 1.57. The summed E-state index contributed by atoms with van der Waals surface area (Å²) in [5.74, 6) is 0.904. The molecule has 0 aliphatic carbocycles. The van der Waals surface area contributed by atoms with Crippen LogP contribution in [0.1, 0.15) is 46.8 Å². The maximum atomic E-state index is 13.0. The molecule has 0 amide bonds. The van der Waals surface area contributed by atoms with Crippen LogP contribution in [0.4, 0.5) is 0 Å². The van der Waals surface area contributed by atoms with Crippen LogP contribution < -0.4 is 9.47 Å². The van der Waals surface area contributed by atoms with Gasteiger partial charge in [-0.1, -0.05) is 48.0 Å². The van der Waals surface area contributed by atoms with E-state index < -0.39 is 0 Å². The number of carbonyl (C=O) groups excluding carboxylic acids is 2. The highest BCUT2D eigenvalue weighted by Gasteiger charge is 2.17. The summed E-state index contributed by atoms with van der Waals surface area (Å²) < 4.78 is 16.7. The molecule has 6 heteroatoms. The fourth-order valence-electron chi connectivity index (χ4n) is 3.52. The number of halogens is 1. The zero-order valence-corrected chi connectivity index (χ0v) is 20.4. The first kappa shape index (κ1) is 25.3. The molecule has 0 fully saturated rings. The predicted molar refractivity (Wildman–Crippen MR) is 133 cm³/mol. The summed E-state index contributed by atoms with van der Waals surface area (Å²) in [6, 6.07) is 20.0. The predicted octanol–water partition coefficient (Wildman–Crippen LogP) is 6.22. The van der Waals surface area contributed by atoms with Gasteiger partial charge in [-0.25, -0.2) is 0 Å². The summed E-state index contributed by atoms with van der Waals surface area (Å²) in [7, 11) is 1.39. The smallest absolute Gasteiger partial charge is 0.305 e. The van der Waals surface area contributed by atoms with Crippen LogP contribution in [0.15, 0.2) is 66.7 Å². The Morgan fingerprint density at radius 3 is 2.47 bits per heavy atom. The summed E-state index contributed by atoms with van der Waals surface area (Å²) in [5.41, 5.74) is 3.17. The van der Waals surface area contributed by atoms with Crippen LogP contribution in [0.2, 0.25) is 5.02 Å². The van der Waals surface area contributed by atoms with E-state index in [1.807, 2.05) is 50.2 Å². The minimum absolute atomic E-state index is 0.135. The lowest BCUT2D eigenvalue weighted by atomic mass is 10.0. The zero-order chi connectivity index (χ0) is 24.5. The molecule has 0 bridgehead atoms. The zero-order valence-electron chi connectivity index (χ0n) is 19.7. The van der Waals surface area contributed by atoms with Crippen molar-refractivity contribution in [2.24, 2.45) is 0 Å². The van der Waals surface area contributed by atoms with E-state index in [4.69, 9.17) is 25.8 Å². The van der Waals surface area contributed by atoms with E-state index in [1.54, 1.807) is 30.3 Å². The van der Waals surface area contributed by atoms with E-state index in [1.165, 1.54) is 7.11 Å². The lowest BCUT2D eigenvalue weighted by molar-refractivity contribution is -0.140. The molecule has 3 aromatic rings. The quantitative estimate of drug-likeness (QED) is 0.241. The van der Waals surface area contributed by atoms with Gasteiger partial charge in [-0.05, 0) is 61.7 Å². The molecule has 0 aliphatic rings. The number of hydrogen-bond acceptors (Lipinski definition) is 5. The van der Waals surface area contributed by atoms with Crippen molar-refractivity contribution in [3.63, 3.8) is 0 Å². The molecule has 3 rings (SSSR count). The monoisotopic (exact) mass is 480 g/mol. The van der Waals surface area contributed by atoms with Crippen LogP contribution in [-0.4, -0.2) is 31.6 Å². The fourth-order valence-corrected chi connectivity index (χ4v) is 3.70. The van der Waals surface area contributed by atoms with Gasteiger partial charge in [-0.15, -0.1) is 0 Å². The van der Waals surface area contributed by atoms with Gasteiger partial charge < -0.3 is 14.2 Å². The molecule has 0 unspecified atom stereocenters. The van der Waals surface area contributed by atoms with Crippen molar-refractivity contribution in [1.82, 2.24) is 0 Å².